The Balaban J connectivity index is 1.44. The molecule has 0 bridgehead atoms. The highest BCUT2D eigenvalue weighted by atomic mass is 15.3. The number of aromatic nitrogens is 1. The summed E-state index contributed by atoms with van der Waals surface area (Å²) in [4.78, 5) is 4.91. The van der Waals surface area contributed by atoms with Gasteiger partial charge in [0.2, 0.25) is 0 Å². The summed E-state index contributed by atoms with van der Waals surface area (Å²) in [6, 6.07) is 50.9. The smallest absolute Gasteiger partial charge is 0.124 e. The average Bonchev–Trinajstić information content (AvgIpc) is 3.46. The fourth-order valence-corrected chi connectivity index (χ4v) is 7.44. The lowest BCUT2D eigenvalue weighted by molar-refractivity contribution is 0.630. The summed E-state index contributed by atoms with van der Waals surface area (Å²) in [6.45, 7) is 9.36. The van der Waals surface area contributed by atoms with Crippen molar-refractivity contribution in [2.45, 2.75) is 38.5 Å². The Hall–Kier alpha value is -5.02. The first kappa shape index (κ1) is 25.7. The van der Waals surface area contributed by atoms with Crippen LogP contribution in [0.15, 0.2) is 140 Å². The first-order chi connectivity index (χ1) is 20.9. The molecule has 2 aliphatic heterocycles. The minimum Gasteiger partial charge on any atom is -0.295 e. The standard InChI is InChI=1S/C40H35N3/c1-39(2)29-18-8-12-22-33(29)42(34-23-13-9-19-30(34)39)37-26-27-38(41(37)28-16-6-5-7-17-28)43-35-24-14-10-20-31(35)40(3,4)32-21-11-15-25-36(32)43/h5-27H,1-4H3. The van der Waals surface area contributed by atoms with Gasteiger partial charge >= 0.3 is 0 Å². The molecule has 0 N–H and O–H groups in total. The van der Waals surface area contributed by atoms with Crippen LogP contribution in [-0.2, 0) is 10.8 Å². The molecule has 0 aliphatic carbocycles. The molecule has 0 saturated heterocycles. The SMILES string of the molecule is CC1(C)c2ccccc2N(c2ccc(N3c4ccccc4C(C)(C)c4ccccc43)n2-c2ccccc2)c2ccccc21. The molecule has 0 unspecified atom stereocenters. The Morgan fingerprint density at radius 2 is 0.651 bits per heavy atom. The molecular formula is C40H35N3. The van der Waals surface area contributed by atoms with Crippen molar-refractivity contribution in [1.82, 2.24) is 4.57 Å². The molecule has 0 radical (unpaired) electrons. The summed E-state index contributed by atoms with van der Waals surface area (Å²) in [6.07, 6.45) is 0. The number of nitrogens with zero attached hydrogens (tertiary/aromatic N) is 3. The van der Waals surface area contributed by atoms with Crippen molar-refractivity contribution in [2.24, 2.45) is 0 Å². The third-order valence-corrected chi connectivity index (χ3v) is 9.59. The third-order valence-electron chi connectivity index (χ3n) is 9.59. The highest BCUT2D eigenvalue weighted by molar-refractivity contribution is 5.90. The lowest BCUT2D eigenvalue weighted by atomic mass is 9.73. The molecule has 3 heterocycles. The lowest BCUT2D eigenvalue weighted by Crippen LogP contribution is -2.32. The molecule has 8 rings (SSSR count). The molecule has 3 nitrogen and oxygen atoms in total. The van der Waals surface area contributed by atoms with Crippen LogP contribution in [-0.4, -0.2) is 4.57 Å². The zero-order valence-electron chi connectivity index (χ0n) is 25.1. The normalized spacial score (nSPS) is 15.7. The van der Waals surface area contributed by atoms with Crippen LogP contribution in [0.2, 0.25) is 0 Å². The van der Waals surface area contributed by atoms with Gasteiger partial charge in [0.25, 0.3) is 0 Å². The summed E-state index contributed by atoms with van der Waals surface area (Å²) < 4.78 is 2.43. The maximum atomic E-state index is 2.46. The van der Waals surface area contributed by atoms with Crippen LogP contribution >= 0.6 is 0 Å². The minimum absolute atomic E-state index is 0.118. The van der Waals surface area contributed by atoms with Gasteiger partial charge in [-0.1, -0.05) is 119 Å². The highest BCUT2D eigenvalue weighted by Crippen LogP contribution is 2.55. The summed E-state index contributed by atoms with van der Waals surface area (Å²) in [5, 5.41) is 0. The van der Waals surface area contributed by atoms with Crippen LogP contribution < -0.4 is 9.80 Å². The van der Waals surface area contributed by atoms with Gasteiger partial charge in [0.15, 0.2) is 0 Å². The van der Waals surface area contributed by atoms with E-state index in [1.54, 1.807) is 0 Å². The molecule has 0 spiro atoms. The number of hydrogen-bond acceptors (Lipinski definition) is 2. The molecule has 2 aliphatic rings. The fourth-order valence-electron chi connectivity index (χ4n) is 7.44. The number of fused-ring (bicyclic) bond motifs is 4. The Labute approximate surface area is 254 Å². The summed E-state index contributed by atoms with van der Waals surface area (Å²) in [5.74, 6) is 2.22. The van der Waals surface area contributed by atoms with E-state index in [1.807, 2.05) is 0 Å². The average molecular weight is 558 g/mol. The molecule has 0 amide bonds. The lowest BCUT2D eigenvalue weighted by Gasteiger charge is -2.43. The van der Waals surface area contributed by atoms with Gasteiger partial charge in [0.05, 0.1) is 22.7 Å². The summed E-state index contributed by atoms with van der Waals surface area (Å²) >= 11 is 0. The molecule has 0 atom stereocenters. The van der Waals surface area contributed by atoms with Crippen molar-refractivity contribution in [3.8, 4) is 5.69 Å². The molecule has 43 heavy (non-hydrogen) atoms. The van der Waals surface area contributed by atoms with Crippen LogP contribution in [0.1, 0.15) is 49.9 Å². The van der Waals surface area contributed by atoms with Gasteiger partial charge in [-0.2, -0.15) is 0 Å². The molecule has 0 saturated carbocycles. The second kappa shape index (κ2) is 9.24. The van der Waals surface area contributed by atoms with E-state index in [4.69, 9.17) is 0 Å². The van der Waals surface area contributed by atoms with Crippen molar-refractivity contribution in [2.75, 3.05) is 9.80 Å². The van der Waals surface area contributed by atoms with Crippen molar-refractivity contribution in [3.63, 3.8) is 0 Å². The van der Waals surface area contributed by atoms with E-state index in [9.17, 15) is 0 Å². The highest BCUT2D eigenvalue weighted by Gasteiger charge is 2.40. The molecule has 3 heteroatoms. The predicted molar refractivity (Wildman–Crippen MR) is 179 cm³/mol. The molecule has 210 valence electrons. The van der Waals surface area contributed by atoms with E-state index in [0.717, 1.165) is 17.3 Å². The number of hydrogen-bond donors (Lipinski definition) is 0. The largest absolute Gasteiger partial charge is 0.295 e. The number of benzene rings is 5. The maximum Gasteiger partial charge on any atom is 0.124 e. The van der Waals surface area contributed by atoms with Gasteiger partial charge in [-0.05, 0) is 70.8 Å². The van der Waals surface area contributed by atoms with E-state index in [-0.39, 0.29) is 10.8 Å². The molecule has 6 aromatic rings. The van der Waals surface area contributed by atoms with Gasteiger partial charge < -0.3 is 0 Å². The van der Waals surface area contributed by atoms with E-state index < -0.39 is 0 Å². The van der Waals surface area contributed by atoms with Gasteiger partial charge in [-0.15, -0.1) is 0 Å². The van der Waals surface area contributed by atoms with Gasteiger partial charge in [0, 0.05) is 16.5 Å². The van der Waals surface area contributed by atoms with E-state index in [1.165, 1.54) is 45.0 Å². The topological polar surface area (TPSA) is 11.4 Å². The van der Waals surface area contributed by atoms with Crippen LogP contribution in [0.4, 0.5) is 34.4 Å². The van der Waals surface area contributed by atoms with Crippen molar-refractivity contribution >= 4 is 34.4 Å². The van der Waals surface area contributed by atoms with Crippen molar-refractivity contribution < 1.29 is 0 Å². The Morgan fingerprint density at radius 3 is 1.00 bits per heavy atom. The maximum absolute atomic E-state index is 2.46. The monoisotopic (exact) mass is 557 g/mol. The van der Waals surface area contributed by atoms with Crippen LogP contribution in [0.3, 0.4) is 0 Å². The quantitative estimate of drug-likeness (QED) is 0.214. The minimum atomic E-state index is -0.118. The van der Waals surface area contributed by atoms with Crippen LogP contribution in [0.5, 0.6) is 0 Å². The molecular weight excluding hydrogens is 522 g/mol. The van der Waals surface area contributed by atoms with E-state index >= 15 is 0 Å². The summed E-state index contributed by atoms with van der Waals surface area (Å²) in [5.41, 5.74) is 11.1. The number of para-hydroxylation sites is 5. The van der Waals surface area contributed by atoms with Gasteiger partial charge in [-0.3, -0.25) is 14.4 Å². The van der Waals surface area contributed by atoms with Crippen molar-refractivity contribution in [1.29, 1.82) is 0 Å². The Bertz CT molecular complexity index is 1770. The second-order valence-corrected chi connectivity index (χ2v) is 12.7. The van der Waals surface area contributed by atoms with E-state index in [0.29, 0.717) is 0 Å². The molecule has 1 aromatic heterocycles. The van der Waals surface area contributed by atoms with Gasteiger partial charge in [0.1, 0.15) is 11.6 Å². The molecule has 0 fully saturated rings. The van der Waals surface area contributed by atoms with Gasteiger partial charge in [-0.25, -0.2) is 0 Å². The fraction of sp³-hybridized carbons (Fsp3) is 0.150. The molecule has 5 aromatic carbocycles. The van der Waals surface area contributed by atoms with Crippen LogP contribution in [0, 0.1) is 0 Å². The van der Waals surface area contributed by atoms with Crippen molar-refractivity contribution in [3.05, 3.63) is 162 Å². The second-order valence-electron chi connectivity index (χ2n) is 12.7. The third kappa shape index (κ3) is 3.61. The zero-order valence-corrected chi connectivity index (χ0v) is 25.1. The Morgan fingerprint density at radius 1 is 0.349 bits per heavy atom. The summed E-state index contributed by atoms with van der Waals surface area (Å²) in [7, 11) is 0. The number of rotatable bonds is 3. The van der Waals surface area contributed by atoms with E-state index in [2.05, 4.69) is 182 Å². The Kier molecular flexibility index (Phi) is 5.52. The zero-order chi connectivity index (χ0) is 29.3. The predicted octanol–water partition coefficient (Wildman–Crippen LogP) is 10.7. The van der Waals surface area contributed by atoms with Crippen LogP contribution in [0.25, 0.3) is 5.69 Å². The first-order valence-electron chi connectivity index (χ1n) is 15.1. The first-order valence-corrected chi connectivity index (χ1v) is 15.1. The number of anilines is 6.